The summed E-state index contributed by atoms with van der Waals surface area (Å²) in [7, 11) is 0. The smallest absolute Gasteiger partial charge is 0.371 e. The molecule has 2 aromatic rings. The zero-order valence-corrected chi connectivity index (χ0v) is 10.5. The molecule has 0 aliphatic carbocycles. The topological polar surface area (TPSA) is 83.5 Å². The minimum absolute atomic E-state index is 0.0730. The average molecular weight is 275 g/mol. The second-order valence-corrected chi connectivity index (χ2v) is 4.02. The van der Waals surface area contributed by atoms with Gasteiger partial charge in [0.05, 0.1) is 5.56 Å². The summed E-state index contributed by atoms with van der Waals surface area (Å²) < 4.78 is 23.9. The van der Waals surface area contributed by atoms with Crippen LogP contribution in [0.25, 0.3) is 0 Å². The number of aromatic carboxylic acids is 1. The second-order valence-electron chi connectivity index (χ2n) is 4.02. The van der Waals surface area contributed by atoms with E-state index in [2.05, 4.69) is 0 Å². The fourth-order valence-corrected chi connectivity index (χ4v) is 1.61. The number of halogens is 1. The molecule has 1 aromatic heterocycles. The first-order valence-corrected chi connectivity index (χ1v) is 5.70. The zero-order valence-electron chi connectivity index (χ0n) is 10.5. The van der Waals surface area contributed by atoms with E-state index < -0.39 is 17.9 Å². The Balaban J connectivity index is 2.14. The lowest BCUT2D eigenvalue weighted by Gasteiger charge is -2.12. The summed E-state index contributed by atoms with van der Waals surface area (Å²) in [6.45, 7) is 1.64. The Hall–Kier alpha value is -2.81. The third kappa shape index (κ3) is 2.78. The van der Waals surface area contributed by atoms with Crippen molar-refractivity contribution in [2.24, 2.45) is 0 Å². The maximum atomic E-state index is 13.4. The number of nitriles is 1. The lowest BCUT2D eigenvalue weighted by molar-refractivity contribution is 0.0655. The first-order valence-electron chi connectivity index (χ1n) is 5.70. The van der Waals surface area contributed by atoms with E-state index >= 15 is 0 Å². The molecule has 1 heterocycles. The molecule has 0 radical (unpaired) electrons. The lowest BCUT2D eigenvalue weighted by atomic mass is 10.2. The molecule has 0 fully saturated rings. The quantitative estimate of drug-likeness (QED) is 0.926. The van der Waals surface area contributed by atoms with Gasteiger partial charge in [-0.1, -0.05) is 0 Å². The molecule has 0 saturated carbocycles. The number of carboxylic acid groups (broad SMARTS) is 1. The Labute approximate surface area is 113 Å². The fraction of sp³-hybridized carbons (Fsp3) is 0.143. The largest absolute Gasteiger partial charge is 0.483 e. The highest BCUT2D eigenvalue weighted by molar-refractivity contribution is 5.84. The SMILES string of the molecule is CC(Oc1ccc(C#N)c(F)c1)c1ccc(C(=O)O)o1. The van der Waals surface area contributed by atoms with Crippen LogP contribution in [0.2, 0.25) is 0 Å². The molecule has 2 rings (SSSR count). The highest BCUT2D eigenvalue weighted by Crippen LogP contribution is 2.24. The van der Waals surface area contributed by atoms with Gasteiger partial charge in [0.15, 0.2) is 6.10 Å². The third-order valence-corrected chi connectivity index (χ3v) is 2.61. The number of ether oxygens (including phenoxy) is 1. The summed E-state index contributed by atoms with van der Waals surface area (Å²) in [5.74, 6) is -1.51. The van der Waals surface area contributed by atoms with Gasteiger partial charge in [0.1, 0.15) is 23.4 Å². The highest BCUT2D eigenvalue weighted by atomic mass is 19.1. The van der Waals surface area contributed by atoms with Crippen molar-refractivity contribution in [3.63, 3.8) is 0 Å². The molecule has 1 N–H and O–H groups in total. The summed E-state index contributed by atoms with van der Waals surface area (Å²) in [4.78, 5) is 10.7. The molecule has 1 aromatic carbocycles. The van der Waals surface area contributed by atoms with Crippen molar-refractivity contribution in [2.45, 2.75) is 13.0 Å². The Bertz CT molecular complexity index is 687. The van der Waals surface area contributed by atoms with Crippen molar-refractivity contribution in [3.05, 3.63) is 53.2 Å². The molecule has 0 spiro atoms. The summed E-state index contributed by atoms with van der Waals surface area (Å²) in [5, 5.41) is 17.4. The van der Waals surface area contributed by atoms with Gasteiger partial charge in [0, 0.05) is 6.07 Å². The van der Waals surface area contributed by atoms with Gasteiger partial charge >= 0.3 is 5.97 Å². The molecular formula is C14H10FNO4. The maximum absolute atomic E-state index is 13.4. The lowest BCUT2D eigenvalue weighted by Crippen LogP contribution is -2.02. The predicted octanol–water partition coefficient (Wildman–Crippen LogP) is 3.13. The van der Waals surface area contributed by atoms with Crippen molar-refractivity contribution in [1.82, 2.24) is 0 Å². The number of nitrogens with zero attached hydrogens (tertiary/aromatic N) is 1. The van der Waals surface area contributed by atoms with Crippen LogP contribution in [-0.2, 0) is 0 Å². The molecule has 1 unspecified atom stereocenters. The summed E-state index contributed by atoms with van der Waals surface area (Å²) >= 11 is 0. The van der Waals surface area contributed by atoms with Crippen molar-refractivity contribution < 1.29 is 23.4 Å². The normalized spacial score (nSPS) is 11.7. The van der Waals surface area contributed by atoms with Crippen LogP contribution in [0.5, 0.6) is 5.75 Å². The first-order chi connectivity index (χ1) is 9.51. The van der Waals surface area contributed by atoms with Crippen LogP contribution < -0.4 is 4.74 Å². The molecule has 5 nitrogen and oxygen atoms in total. The van der Waals surface area contributed by atoms with Gasteiger partial charge in [0.25, 0.3) is 0 Å². The Kier molecular flexibility index (Phi) is 3.71. The number of benzene rings is 1. The summed E-state index contributed by atoms with van der Waals surface area (Å²) in [6.07, 6.45) is -0.588. The fourth-order valence-electron chi connectivity index (χ4n) is 1.61. The molecule has 0 amide bonds. The van der Waals surface area contributed by atoms with Gasteiger partial charge in [-0.2, -0.15) is 5.26 Å². The maximum Gasteiger partial charge on any atom is 0.371 e. The van der Waals surface area contributed by atoms with Crippen LogP contribution in [0, 0.1) is 17.1 Å². The minimum atomic E-state index is -1.17. The van der Waals surface area contributed by atoms with Crippen molar-refractivity contribution in [3.8, 4) is 11.8 Å². The predicted molar refractivity (Wildman–Crippen MR) is 65.8 cm³/mol. The molecule has 0 saturated heterocycles. The number of hydrogen-bond donors (Lipinski definition) is 1. The van der Waals surface area contributed by atoms with E-state index in [9.17, 15) is 9.18 Å². The Morgan fingerprint density at radius 2 is 2.20 bits per heavy atom. The molecular weight excluding hydrogens is 265 g/mol. The van der Waals surface area contributed by atoms with Crippen LogP contribution in [0.1, 0.15) is 34.9 Å². The molecule has 6 heteroatoms. The van der Waals surface area contributed by atoms with Gasteiger partial charge in [-0.25, -0.2) is 9.18 Å². The van der Waals surface area contributed by atoms with E-state index in [0.29, 0.717) is 5.76 Å². The van der Waals surface area contributed by atoms with Gasteiger partial charge < -0.3 is 14.3 Å². The summed E-state index contributed by atoms with van der Waals surface area (Å²) in [5.41, 5.74) is -0.0730. The Morgan fingerprint density at radius 3 is 2.75 bits per heavy atom. The molecule has 1 atom stereocenters. The highest BCUT2D eigenvalue weighted by Gasteiger charge is 2.16. The number of carboxylic acids is 1. The van der Waals surface area contributed by atoms with E-state index in [1.165, 1.54) is 24.3 Å². The van der Waals surface area contributed by atoms with Crippen LogP contribution >= 0.6 is 0 Å². The van der Waals surface area contributed by atoms with Crippen LogP contribution in [0.4, 0.5) is 4.39 Å². The standard InChI is InChI=1S/C14H10FNO4/c1-8(12-4-5-13(20-12)14(17)18)19-10-3-2-9(7-16)11(15)6-10/h2-6,8H,1H3,(H,17,18). The number of carbonyl (C=O) groups is 1. The van der Waals surface area contributed by atoms with Crippen molar-refractivity contribution >= 4 is 5.97 Å². The number of hydrogen-bond acceptors (Lipinski definition) is 4. The third-order valence-electron chi connectivity index (χ3n) is 2.61. The van der Waals surface area contributed by atoms with Gasteiger partial charge in [-0.05, 0) is 31.2 Å². The zero-order chi connectivity index (χ0) is 14.7. The van der Waals surface area contributed by atoms with E-state index in [4.69, 9.17) is 19.5 Å². The van der Waals surface area contributed by atoms with E-state index in [-0.39, 0.29) is 17.1 Å². The van der Waals surface area contributed by atoms with Crippen LogP contribution in [-0.4, -0.2) is 11.1 Å². The van der Waals surface area contributed by atoms with Gasteiger partial charge in [0.2, 0.25) is 5.76 Å². The molecule has 102 valence electrons. The first kappa shape index (κ1) is 13.6. The van der Waals surface area contributed by atoms with E-state index in [1.54, 1.807) is 13.0 Å². The van der Waals surface area contributed by atoms with E-state index in [1.807, 2.05) is 0 Å². The van der Waals surface area contributed by atoms with Crippen molar-refractivity contribution in [2.75, 3.05) is 0 Å². The second kappa shape index (κ2) is 5.45. The molecule has 0 aliphatic heterocycles. The monoisotopic (exact) mass is 275 g/mol. The Morgan fingerprint density at radius 1 is 1.45 bits per heavy atom. The van der Waals surface area contributed by atoms with Crippen LogP contribution in [0.3, 0.4) is 0 Å². The van der Waals surface area contributed by atoms with Crippen LogP contribution in [0.15, 0.2) is 34.7 Å². The van der Waals surface area contributed by atoms with Crippen molar-refractivity contribution in [1.29, 1.82) is 5.26 Å². The number of furan rings is 1. The van der Waals surface area contributed by atoms with Gasteiger partial charge in [-0.15, -0.1) is 0 Å². The van der Waals surface area contributed by atoms with Gasteiger partial charge in [-0.3, -0.25) is 0 Å². The van der Waals surface area contributed by atoms with E-state index in [0.717, 1.165) is 6.07 Å². The molecule has 0 aliphatic rings. The average Bonchev–Trinajstić information content (AvgIpc) is 2.88. The molecule has 20 heavy (non-hydrogen) atoms. The minimum Gasteiger partial charge on any atom is -0.483 e. The number of rotatable bonds is 4. The summed E-state index contributed by atoms with van der Waals surface area (Å²) in [6, 6.07) is 8.36. The molecule has 0 bridgehead atoms.